The second-order valence-corrected chi connectivity index (χ2v) is 3.37. The molecule has 0 aliphatic carbocycles. The fourth-order valence-electron chi connectivity index (χ4n) is 1.63. The Labute approximate surface area is 71.2 Å². The molecule has 1 aliphatic rings. The Morgan fingerprint density at radius 3 is 2.42 bits per heavy atom. The molecule has 0 radical (unpaired) electrons. The van der Waals surface area contributed by atoms with Crippen molar-refractivity contribution in [3.05, 3.63) is 0 Å². The van der Waals surface area contributed by atoms with Crippen molar-refractivity contribution in [3.63, 3.8) is 0 Å². The standard InChI is InChI=1S/C8H13NO3/c1-5-3-7(8(11)12)9(4-5)6(2)10/h5,7H,3-4H2,1-2H3,(H,11,12)/t5?,7-/m0/s1. The minimum absolute atomic E-state index is 0.147. The van der Waals surface area contributed by atoms with Crippen LogP contribution >= 0.6 is 0 Å². The van der Waals surface area contributed by atoms with Crippen LogP contribution in [-0.2, 0) is 9.59 Å². The highest BCUT2D eigenvalue weighted by atomic mass is 16.4. The van der Waals surface area contributed by atoms with Crippen LogP contribution in [0.15, 0.2) is 0 Å². The summed E-state index contributed by atoms with van der Waals surface area (Å²) < 4.78 is 0. The van der Waals surface area contributed by atoms with Crippen LogP contribution in [0.4, 0.5) is 0 Å². The van der Waals surface area contributed by atoms with Gasteiger partial charge in [0.05, 0.1) is 0 Å². The molecule has 0 saturated carbocycles. The Kier molecular flexibility index (Phi) is 2.35. The van der Waals surface area contributed by atoms with Gasteiger partial charge in [0.1, 0.15) is 6.04 Å². The summed E-state index contributed by atoms with van der Waals surface area (Å²) >= 11 is 0. The first-order valence-corrected chi connectivity index (χ1v) is 4.02. The van der Waals surface area contributed by atoms with Crippen molar-refractivity contribution in [3.8, 4) is 0 Å². The van der Waals surface area contributed by atoms with Gasteiger partial charge < -0.3 is 10.0 Å². The summed E-state index contributed by atoms with van der Waals surface area (Å²) in [5.41, 5.74) is 0. The third kappa shape index (κ3) is 1.57. The summed E-state index contributed by atoms with van der Waals surface area (Å²) in [7, 11) is 0. The summed E-state index contributed by atoms with van der Waals surface area (Å²) in [5, 5.41) is 8.76. The first-order chi connectivity index (χ1) is 5.52. The van der Waals surface area contributed by atoms with Crippen LogP contribution in [0.5, 0.6) is 0 Å². The molecule has 0 bridgehead atoms. The number of likely N-dealkylation sites (tertiary alicyclic amines) is 1. The zero-order valence-corrected chi connectivity index (χ0v) is 7.28. The Balaban J connectivity index is 2.72. The van der Waals surface area contributed by atoms with Crippen LogP contribution in [-0.4, -0.2) is 34.5 Å². The predicted octanol–water partition coefficient (Wildman–Crippen LogP) is 0.328. The molecule has 1 saturated heterocycles. The number of carboxylic acids is 1. The second-order valence-electron chi connectivity index (χ2n) is 3.37. The number of carbonyl (C=O) groups is 2. The molecule has 12 heavy (non-hydrogen) atoms. The third-order valence-corrected chi connectivity index (χ3v) is 2.20. The van der Waals surface area contributed by atoms with Crippen molar-refractivity contribution in [1.82, 2.24) is 4.90 Å². The van der Waals surface area contributed by atoms with Gasteiger partial charge in [0, 0.05) is 13.5 Å². The normalized spacial score (nSPS) is 29.0. The van der Waals surface area contributed by atoms with Crippen LogP contribution in [0, 0.1) is 5.92 Å². The van der Waals surface area contributed by atoms with Crippen molar-refractivity contribution in [1.29, 1.82) is 0 Å². The quantitative estimate of drug-likeness (QED) is 0.618. The van der Waals surface area contributed by atoms with E-state index in [0.29, 0.717) is 18.9 Å². The lowest BCUT2D eigenvalue weighted by molar-refractivity contribution is -0.147. The number of carboxylic acid groups (broad SMARTS) is 1. The fraction of sp³-hybridized carbons (Fsp3) is 0.750. The van der Waals surface area contributed by atoms with Crippen LogP contribution in [0.1, 0.15) is 20.3 Å². The topological polar surface area (TPSA) is 57.6 Å². The summed E-state index contributed by atoms with van der Waals surface area (Å²) in [6, 6.07) is -0.600. The lowest BCUT2D eigenvalue weighted by Gasteiger charge is -2.18. The fourth-order valence-corrected chi connectivity index (χ4v) is 1.63. The van der Waals surface area contributed by atoms with E-state index in [2.05, 4.69) is 0 Å². The van der Waals surface area contributed by atoms with Gasteiger partial charge in [-0.3, -0.25) is 4.79 Å². The molecule has 4 nitrogen and oxygen atoms in total. The van der Waals surface area contributed by atoms with Gasteiger partial charge in [0.15, 0.2) is 0 Å². The molecule has 68 valence electrons. The smallest absolute Gasteiger partial charge is 0.326 e. The molecule has 1 amide bonds. The van der Waals surface area contributed by atoms with E-state index in [1.54, 1.807) is 0 Å². The Bertz CT molecular complexity index is 192. The van der Waals surface area contributed by atoms with Gasteiger partial charge in [-0.25, -0.2) is 4.79 Å². The Morgan fingerprint density at radius 1 is 1.50 bits per heavy atom. The van der Waals surface area contributed by atoms with Crippen LogP contribution in [0.2, 0.25) is 0 Å². The van der Waals surface area contributed by atoms with Crippen molar-refractivity contribution < 1.29 is 14.7 Å². The molecule has 2 atom stereocenters. The largest absolute Gasteiger partial charge is 0.480 e. The minimum Gasteiger partial charge on any atom is -0.480 e. The van der Waals surface area contributed by atoms with Gasteiger partial charge in [-0.1, -0.05) is 6.92 Å². The highest BCUT2D eigenvalue weighted by Crippen LogP contribution is 2.22. The van der Waals surface area contributed by atoms with Gasteiger partial charge in [0.25, 0.3) is 0 Å². The van der Waals surface area contributed by atoms with Crippen molar-refractivity contribution in [2.75, 3.05) is 6.54 Å². The maximum Gasteiger partial charge on any atom is 0.326 e. The lowest BCUT2D eigenvalue weighted by Crippen LogP contribution is -2.39. The minimum atomic E-state index is -0.894. The summed E-state index contributed by atoms with van der Waals surface area (Å²) in [4.78, 5) is 23.1. The second kappa shape index (κ2) is 3.13. The van der Waals surface area contributed by atoms with Crippen LogP contribution in [0.25, 0.3) is 0 Å². The zero-order chi connectivity index (χ0) is 9.30. The third-order valence-electron chi connectivity index (χ3n) is 2.20. The van der Waals surface area contributed by atoms with Gasteiger partial charge in [-0.05, 0) is 12.3 Å². The van der Waals surface area contributed by atoms with E-state index in [4.69, 9.17) is 5.11 Å². The number of amides is 1. The number of rotatable bonds is 1. The van der Waals surface area contributed by atoms with E-state index in [9.17, 15) is 9.59 Å². The van der Waals surface area contributed by atoms with Crippen LogP contribution < -0.4 is 0 Å². The first-order valence-electron chi connectivity index (χ1n) is 4.02. The molecule has 1 fully saturated rings. The van der Waals surface area contributed by atoms with Crippen molar-refractivity contribution >= 4 is 11.9 Å². The molecule has 1 unspecified atom stereocenters. The van der Waals surface area contributed by atoms with Gasteiger partial charge >= 0.3 is 5.97 Å². The van der Waals surface area contributed by atoms with E-state index in [0.717, 1.165) is 0 Å². The number of nitrogens with zero attached hydrogens (tertiary/aromatic N) is 1. The molecule has 0 aromatic rings. The van der Waals surface area contributed by atoms with E-state index in [-0.39, 0.29) is 5.91 Å². The summed E-state index contributed by atoms with van der Waals surface area (Å²) in [6.07, 6.45) is 0.578. The van der Waals surface area contributed by atoms with Gasteiger partial charge in [0.2, 0.25) is 5.91 Å². The molecule has 1 heterocycles. The number of hydrogen-bond donors (Lipinski definition) is 1. The number of aliphatic carboxylic acids is 1. The number of carbonyl (C=O) groups excluding carboxylic acids is 1. The van der Waals surface area contributed by atoms with E-state index < -0.39 is 12.0 Å². The molecule has 0 aromatic heterocycles. The maximum atomic E-state index is 11.0. The average molecular weight is 171 g/mol. The predicted molar refractivity (Wildman–Crippen MR) is 42.6 cm³/mol. The molecule has 1 rings (SSSR count). The van der Waals surface area contributed by atoms with Crippen LogP contribution in [0.3, 0.4) is 0 Å². The Hall–Kier alpha value is -1.06. The maximum absolute atomic E-state index is 11.0. The average Bonchev–Trinajstić information content (AvgIpc) is 2.31. The van der Waals surface area contributed by atoms with Gasteiger partial charge in [-0.2, -0.15) is 0 Å². The summed E-state index contributed by atoms with van der Waals surface area (Å²) in [6.45, 7) is 3.94. The molecule has 0 aromatic carbocycles. The SMILES string of the molecule is CC(=O)N1CC(C)C[C@H]1C(=O)O. The molecular weight excluding hydrogens is 158 g/mol. The molecule has 1 N–H and O–H groups in total. The van der Waals surface area contributed by atoms with E-state index in [1.165, 1.54) is 11.8 Å². The van der Waals surface area contributed by atoms with Gasteiger partial charge in [-0.15, -0.1) is 0 Å². The molecule has 0 spiro atoms. The molecule has 1 aliphatic heterocycles. The molecular formula is C8H13NO3. The summed E-state index contributed by atoms with van der Waals surface area (Å²) in [5.74, 6) is -0.740. The first kappa shape index (κ1) is 9.03. The van der Waals surface area contributed by atoms with Crippen molar-refractivity contribution in [2.45, 2.75) is 26.3 Å². The Morgan fingerprint density at radius 2 is 2.08 bits per heavy atom. The lowest BCUT2D eigenvalue weighted by atomic mass is 10.1. The highest BCUT2D eigenvalue weighted by molar-refractivity contribution is 5.82. The monoisotopic (exact) mass is 171 g/mol. The van der Waals surface area contributed by atoms with E-state index in [1.807, 2.05) is 6.92 Å². The number of hydrogen-bond acceptors (Lipinski definition) is 2. The zero-order valence-electron chi connectivity index (χ0n) is 7.28. The van der Waals surface area contributed by atoms with Crippen molar-refractivity contribution in [2.24, 2.45) is 5.92 Å². The highest BCUT2D eigenvalue weighted by Gasteiger charge is 2.35. The molecule has 4 heteroatoms. The van der Waals surface area contributed by atoms with E-state index >= 15 is 0 Å².